The van der Waals surface area contributed by atoms with Crippen molar-refractivity contribution >= 4 is 23.5 Å². The first-order valence-corrected chi connectivity index (χ1v) is 18.7. The average molecular weight is 683 g/mol. The number of aliphatic carboxylic acids is 1. The van der Waals surface area contributed by atoms with Gasteiger partial charge in [-0.25, -0.2) is 9.97 Å². The van der Waals surface area contributed by atoms with Crippen molar-refractivity contribution in [2.75, 3.05) is 31.1 Å². The lowest BCUT2D eigenvalue weighted by atomic mass is 9.72. The fourth-order valence-corrected chi connectivity index (χ4v) is 8.07. The average Bonchev–Trinajstić information content (AvgIpc) is 3.60. The fourth-order valence-electron chi connectivity index (χ4n) is 8.07. The van der Waals surface area contributed by atoms with Crippen LogP contribution in [0.5, 0.6) is 0 Å². The Balaban J connectivity index is 1.06. The third-order valence-corrected chi connectivity index (χ3v) is 11.3. The largest absolute Gasteiger partial charge is 0.481 e. The molecule has 50 heavy (non-hydrogen) atoms. The number of hydrogen-bond acceptors (Lipinski definition) is 6. The maximum atomic E-state index is 13.5. The molecule has 3 aliphatic rings. The number of carbonyl (C=O) groups is 3. The monoisotopic (exact) mass is 682 g/mol. The quantitative estimate of drug-likeness (QED) is 0.240. The highest BCUT2D eigenvalue weighted by molar-refractivity contribution is 5.98. The summed E-state index contributed by atoms with van der Waals surface area (Å²) in [6.45, 7) is 10.9. The van der Waals surface area contributed by atoms with Crippen LogP contribution >= 0.6 is 0 Å². The van der Waals surface area contributed by atoms with Crippen LogP contribution in [-0.4, -0.2) is 74.5 Å². The van der Waals surface area contributed by atoms with E-state index in [4.69, 9.17) is 9.97 Å². The van der Waals surface area contributed by atoms with E-state index >= 15 is 0 Å². The molecular formula is C40H54N6O4. The Bertz CT molecular complexity index is 1610. The van der Waals surface area contributed by atoms with Gasteiger partial charge in [0.1, 0.15) is 6.04 Å². The lowest BCUT2D eigenvalue weighted by molar-refractivity contribution is -0.153. The van der Waals surface area contributed by atoms with Gasteiger partial charge in [0.05, 0.1) is 29.6 Å². The zero-order chi connectivity index (χ0) is 35.4. The van der Waals surface area contributed by atoms with Crippen LogP contribution in [0.15, 0.2) is 55.1 Å². The standard InChI is InChI=1S/C40H54N6O4/c1-5-6-27-7-11-29(12-8-27)30-15-18-44(19-16-30)34-22-41-36(42-23-34)31-13-9-28(10-14-31)21-35(38(48)45-24-33(25-45)39(49)50)43-37(47)32-17-20-46(26-32)40(2,3)4/h9-10,13-14,17,20,22-23,26-27,29-30,33,35H,5-8,11-12,15-16,18-19,21,24-25H2,1-4H3,(H,43,47)(H,49,50)/t27?,29?,35-/m0/s1. The number of carbonyl (C=O) groups excluding carboxylic acids is 2. The summed E-state index contributed by atoms with van der Waals surface area (Å²) >= 11 is 0. The molecule has 1 atom stereocenters. The number of likely N-dealkylation sites (tertiary alicyclic amines) is 1. The summed E-state index contributed by atoms with van der Waals surface area (Å²) in [5.74, 6) is 1.24. The Morgan fingerprint density at radius 3 is 2.14 bits per heavy atom. The number of carboxylic acids is 1. The van der Waals surface area contributed by atoms with E-state index < -0.39 is 17.9 Å². The van der Waals surface area contributed by atoms with Gasteiger partial charge in [-0.05, 0) is 75.8 Å². The molecule has 2 saturated heterocycles. The first kappa shape index (κ1) is 35.6. The van der Waals surface area contributed by atoms with E-state index in [0.29, 0.717) is 11.4 Å². The van der Waals surface area contributed by atoms with Crippen molar-refractivity contribution in [3.8, 4) is 11.4 Å². The van der Waals surface area contributed by atoms with Crippen LogP contribution in [0.4, 0.5) is 5.69 Å². The summed E-state index contributed by atoms with van der Waals surface area (Å²) < 4.78 is 1.96. The van der Waals surface area contributed by atoms with Crippen molar-refractivity contribution < 1.29 is 19.5 Å². The summed E-state index contributed by atoms with van der Waals surface area (Å²) in [6.07, 6.45) is 18.7. The summed E-state index contributed by atoms with van der Waals surface area (Å²) in [5.41, 5.74) is 3.09. The predicted octanol–water partition coefficient (Wildman–Crippen LogP) is 6.41. The zero-order valence-electron chi connectivity index (χ0n) is 30.2. The van der Waals surface area contributed by atoms with Crippen molar-refractivity contribution in [2.45, 2.75) is 97.1 Å². The molecule has 0 unspecified atom stereocenters. The number of nitrogens with zero attached hydrogens (tertiary/aromatic N) is 5. The zero-order valence-corrected chi connectivity index (χ0v) is 30.2. The smallest absolute Gasteiger partial charge is 0.310 e. The molecule has 1 aromatic carbocycles. The number of hydrogen-bond donors (Lipinski definition) is 2. The first-order chi connectivity index (χ1) is 24.0. The van der Waals surface area contributed by atoms with Crippen molar-refractivity contribution in [2.24, 2.45) is 23.7 Å². The number of benzene rings is 1. The minimum atomic E-state index is -0.913. The van der Waals surface area contributed by atoms with Crippen molar-refractivity contribution in [3.05, 3.63) is 66.2 Å². The topological polar surface area (TPSA) is 121 Å². The van der Waals surface area contributed by atoms with Crippen molar-refractivity contribution in [1.29, 1.82) is 0 Å². The molecule has 4 heterocycles. The molecular weight excluding hydrogens is 628 g/mol. The van der Waals surface area contributed by atoms with Gasteiger partial charge in [0.25, 0.3) is 5.91 Å². The van der Waals surface area contributed by atoms with E-state index in [1.54, 1.807) is 12.3 Å². The number of piperidine rings is 1. The molecule has 3 fully saturated rings. The van der Waals surface area contributed by atoms with Gasteiger partial charge < -0.3 is 24.8 Å². The molecule has 0 radical (unpaired) electrons. The highest BCUT2D eigenvalue weighted by Gasteiger charge is 2.39. The molecule has 3 aromatic rings. The molecule has 0 bridgehead atoms. The van der Waals surface area contributed by atoms with Crippen molar-refractivity contribution in [3.63, 3.8) is 0 Å². The van der Waals surface area contributed by atoms with Crippen LogP contribution in [0.3, 0.4) is 0 Å². The molecule has 2 amide bonds. The molecule has 2 aliphatic heterocycles. The molecule has 6 rings (SSSR count). The van der Waals surface area contributed by atoms with Crippen LogP contribution in [0, 0.1) is 23.7 Å². The third-order valence-electron chi connectivity index (χ3n) is 11.3. The number of nitrogens with one attached hydrogen (secondary N) is 1. The van der Waals surface area contributed by atoms with Crippen molar-refractivity contribution in [1.82, 2.24) is 24.8 Å². The maximum Gasteiger partial charge on any atom is 0.310 e. The number of anilines is 1. The second kappa shape index (κ2) is 15.4. The van der Waals surface area contributed by atoms with Gasteiger partial charge in [-0.2, -0.15) is 0 Å². The molecule has 10 nitrogen and oxygen atoms in total. The number of aromatic nitrogens is 3. The Morgan fingerprint density at radius 2 is 1.56 bits per heavy atom. The highest BCUT2D eigenvalue weighted by atomic mass is 16.4. The predicted molar refractivity (Wildman–Crippen MR) is 195 cm³/mol. The number of rotatable bonds is 11. The van der Waals surface area contributed by atoms with E-state index in [9.17, 15) is 19.5 Å². The number of amides is 2. The third kappa shape index (κ3) is 8.38. The first-order valence-electron chi connectivity index (χ1n) is 18.7. The van der Waals surface area contributed by atoms with Crippen LogP contribution in [0.25, 0.3) is 11.4 Å². The minimum absolute atomic E-state index is 0.144. The molecule has 0 spiro atoms. The van der Waals surface area contributed by atoms with Crippen LogP contribution < -0.4 is 10.2 Å². The Morgan fingerprint density at radius 1 is 0.920 bits per heavy atom. The van der Waals surface area contributed by atoms with Gasteiger partial charge >= 0.3 is 5.97 Å². The summed E-state index contributed by atoms with van der Waals surface area (Å²) in [6, 6.07) is 8.67. The summed E-state index contributed by atoms with van der Waals surface area (Å²) in [5, 5.41) is 12.3. The lowest BCUT2D eigenvalue weighted by Gasteiger charge is -2.39. The Kier molecular flexibility index (Phi) is 10.9. The van der Waals surface area contributed by atoms with Crippen LogP contribution in [-0.2, 0) is 21.5 Å². The van der Waals surface area contributed by atoms with Gasteiger partial charge in [-0.15, -0.1) is 0 Å². The van der Waals surface area contributed by atoms with E-state index in [-0.39, 0.29) is 36.9 Å². The van der Waals surface area contributed by atoms with Gasteiger partial charge in [0.15, 0.2) is 5.82 Å². The van der Waals surface area contributed by atoms with E-state index in [1.807, 2.05) is 47.4 Å². The van der Waals surface area contributed by atoms with E-state index in [0.717, 1.165) is 47.7 Å². The van der Waals surface area contributed by atoms with E-state index in [2.05, 4.69) is 37.9 Å². The van der Waals surface area contributed by atoms with Gasteiger partial charge in [0.2, 0.25) is 5.91 Å². The van der Waals surface area contributed by atoms with Gasteiger partial charge in [-0.1, -0.05) is 56.9 Å². The highest BCUT2D eigenvalue weighted by Crippen LogP contribution is 2.39. The Hall–Kier alpha value is -4.21. The molecule has 1 saturated carbocycles. The second-order valence-corrected chi connectivity index (χ2v) is 15.8. The molecule has 2 aromatic heterocycles. The summed E-state index contributed by atoms with van der Waals surface area (Å²) in [4.78, 5) is 51.5. The SMILES string of the molecule is CCCC1CCC(C2CCN(c3cnc(-c4ccc(C[C@H](NC(=O)c5ccn(C(C)(C)C)c5)C(=O)N5CC(C(=O)O)C5)cc4)nc3)CC2)CC1. The molecule has 268 valence electrons. The van der Waals surface area contributed by atoms with Crippen LogP contribution in [0.1, 0.15) is 95.0 Å². The minimum Gasteiger partial charge on any atom is -0.481 e. The fraction of sp³-hybridized carbons (Fsp3) is 0.575. The Labute approximate surface area is 296 Å². The van der Waals surface area contributed by atoms with E-state index in [1.165, 1.54) is 56.3 Å². The molecule has 2 N–H and O–H groups in total. The normalized spacial score (nSPS) is 21.0. The van der Waals surface area contributed by atoms with Crippen LogP contribution in [0.2, 0.25) is 0 Å². The van der Waals surface area contributed by atoms with Gasteiger partial charge in [-0.3, -0.25) is 14.4 Å². The molecule has 1 aliphatic carbocycles. The summed E-state index contributed by atoms with van der Waals surface area (Å²) in [7, 11) is 0. The lowest BCUT2D eigenvalue weighted by Crippen LogP contribution is -2.59. The van der Waals surface area contributed by atoms with Gasteiger partial charge in [0, 0.05) is 56.1 Å². The number of carboxylic acid groups (broad SMARTS) is 1. The maximum absolute atomic E-state index is 13.5. The molecule has 10 heteroatoms. The second-order valence-electron chi connectivity index (χ2n) is 15.8.